The standard InChI is InChI=1S/C16H18N4O2S2/c1-10(8-21)17-13-12-14(20-16(22-2)24-12)19-15(18-13)23-9-11-6-4-3-5-7-11/h3-7,10,21H,8-9H2,1-2H3,(H,17,18,19)/t10-/m1/s1. The van der Waals surface area contributed by atoms with Crippen molar-refractivity contribution in [1.82, 2.24) is 15.0 Å². The van der Waals surface area contributed by atoms with E-state index >= 15 is 0 Å². The third kappa shape index (κ3) is 3.95. The van der Waals surface area contributed by atoms with Crippen molar-refractivity contribution in [3.63, 3.8) is 0 Å². The molecule has 2 aromatic heterocycles. The van der Waals surface area contributed by atoms with Gasteiger partial charge in [-0.1, -0.05) is 53.4 Å². The molecule has 0 unspecified atom stereocenters. The molecule has 0 aliphatic heterocycles. The van der Waals surface area contributed by atoms with Crippen LogP contribution >= 0.6 is 23.1 Å². The fourth-order valence-electron chi connectivity index (χ4n) is 2.04. The molecule has 3 aromatic rings. The summed E-state index contributed by atoms with van der Waals surface area (Å²) in [6.45, 7) is 1.91. The number of nitrogens with zero attached hydrogens (tertiary/aromatic N) is 3. The average Bonchev–Trinajstić information content (AvgIpc) is 3.04. The Morgan fingerprint density at radius 1 is 1.25 bits per heavy atom. The van der Waals surface area contributed by atoms with Gasteiger partial charge in [-0.05, 0) is 12.5 Å². The second-order valence-electron chi connectivity index (χ2n) is 5.19. The molecule has 2 heterocycles. The highest BCUT2D eigenvalue weighted by atomic mass is 32.2. The summed E-state index contributed by atoms with van der Waals surface area (Å²) in [7, 11) is 1.58. The summed E-state index contributed by atoms with van der Waals surface area (Å²) in [4.78, 5) is 13.5. The maximum Gasteiger partial charge on any atom is 0.275 e. The molecule has 0 saturated carbocycles. The molecule has 0 radical (unpaired) electrons. The maximum absolute atomic E-state index is 9.29. The number of thiazole rings is 1. The van der Waals surface area contributed by atoms with E-state index < -0.39 is 0 Å². The van der Waals surface area contributed by atoms with Crippen LogP contribution in [0.15, 0.2) is 35.5 Å². The Bertz CT molecular complexity index is 810. The summed E-state index contributed by atoms with van der Waals surface area (Å²) in [5, 5.41) is 13.7. The number of rotatable bonds is 7. The van der Waals surface area contributed by atoms with E-state index in [1.54, 1.807) is 18.9 Å². The zero-order valence-corrected chi connectivity index (χ0v) is 15.0. The van der Waals surface area contributed by atoms with Gasteiger partial charge in [0.15, 0.2) is 16.6 Å². The quantitative estimate of drug-likeness (QED) is 0.493. The van der Waals surface area contributed by atoms with E-state index in [9.17, 15) is 5.11 Å². The zero-order chi connectivity index (χ0) is 16.9. The van der Waals surface area contributed by atoms with E-state index in [0.29, 0.717) is 21.8 Å². The Kier molecular flexibility index (Phi) is 5.49. The zero-order valence-electron chi connectivity index (χ0n) is 13.4. The highest BCUT2D eigenvalue weighted by Crippen LogP contribution is 2.33. The van der Waals surface area contributed by atoms with Gasteiger partial charge in [0.1, 0.15) is 4.70 Å². The lowest BCUT2D eigenvalue weighted by Gasteiger charge is -2.12. The maximum atomic E-state index is 9.29. The van der Waals surface area contributed by atoms with Crippen molar-refractivity contribution in [3.05, 3.63) is 35.9 Å². The van der Waals surface area contributed by atoms with E-state index in [2.05, 4.69) is 32.4 Å². The van der Waals surface area contributed by atoms with Crippen molar-refractivity contribution in [2.45, 2.75) is 23.9 Å². The SMILES string of the molecule is COc1nc2nc(SCc3ccccc3)nc(N[C@H](C)CO)c2s1. The molecule has 3 rings (SSSR count). The third-order valence-corrected chi connectivity index (χ3v) is 5.19. The number of aromatic nitrogens is 3. The Hall–Kier alpha value is -1.90. The predicted molar refractivity (Wildman–Crippen MR) is 97.9 cm³/mol. The molecule has 6 nitrogen and oxygen atoms in total. The molecule has 1 atom stereocenters. The lowest BCUT2D eigenvalue weighted by molar-refractivity contribution is 0.281. The van der Waals surface area contributed by atoms with Gasteiger partial charge in [-0.15, -0.1) is 0 Å². The molecule has 24 heavy (non-hydrogen) atoms. The number of methoxy groups -OCH3 is 1. The smallest absolute Gasteiger partial charge is 0.275 e. The second kappa shape index (κ2) is 7.78. The Morgan fingerprint density at radius 3 is 2.75 bits per heavy atom. The van der Waals surface area contributed by atoms with E-state index in [4.69, 9.17) is 4.74 Å². The first-order chi connectivity index (χ1) is 11.7. The van der Waals surface area contributed by atoms with E-state index in [0.717, 1.165) is 10.5 Å². The fourth-order valence-corrected chi connectivity index (χ4v) is 3.60. The van der Waals surface area contributed by atoms with Gasteiger partial charge in [0.05, 0.1) is 13.7 Å². The highest BCUT2D eigenvalue weighted by Gasteiger charge is 2.15. The minimum Gasteiger partial charge on any atom is -0.473 e. The summed E-state index contributed by atoms with van der Waals surface area (Å²) in [5.41, 5.74) is 1.82. The molecule has 0 fully saturated rings. The molecule has 0 aliphatic rings. The first-order valence-corrected chi connectivity index (χ1v) is 9.26. The van der Waals surface area contributed by atoms with E-state index in [1.807, 2.05) is 25.1 Å². The summed E-state index contributed by atoms with van der Waals surface area (Å²) < 4.78 is 6.04. The van der Waals surface area contributed by atoms with Gasteiger partial charge < -0.3 is 15.2 Å². The third-order valence-electron chi connectivity index (χ3n) is 3.26. The van der Waals surface area contributed by atoms with Crippen molar-refractivity contribution in [3.8, 4) is 5.19 Å². The van der Waals surface area contributed by atoms with Crippen LogP contribution in [0.5, 0.6) is 5.19 Å². The van der Waals surface area contributed by atoms with E-state index in [1.165, 1.54) is 16.9 Å². The van der Waals surface area contributed by atoms with Crippen LogP contribution in [0.25, 0.3) is 10.3 Å². The Labute approximate surface area is 148 Å². The molecule has 126 valence electrons. The van der Waals surface area contributed by atoms with Crippen LogP contribution in [-0.2, 0) is 5.75 Å². The number of fused-ring (bicyclic) bond motifs is 1. The first kappa shape index (κ1) is 16.9. The van der Waals surface area contributed by atoms with Crippen molar-refractivity contribution in [2.75, 3.05) is 19.0 Å². The average molecular weight is 362 g/mol. The number of thioether (sulfide) groups is 1. The largest absolute Gasteiger partial charge is 0.473 e. The van der Waals surface area contributed by atoms with Crippen molar-refractivity contribution in [1.29, 1.82) is 0 Å². The summed E-state index contributed by atoms with van der Waals surface area (Å²) in [6, 6.07) is 10.1. The normalized spacial score (nSPS) is 12.3. The van der Waals surface area contributed by atoms with Gasteiger partial charge in [0.25, 0.3) is 5.19 Å². The number of ether oxygens (including phenoxy) is 1. The van der Waals surface area contributed by atoms with Crippen LogP contribution in [0.3, 0.4) is 0 Å². The summed E-state index contributed by atoms with van der Waals surface area (Å²) in [6.07, 6.45) is 0. The highest BCUT2D eigenvalue weighted by molar-refractivity contribution is 7.98. The van der Waals surface area contributed by atoms with E-state index in [-0.39, 0.29) is 12.6 Å². The van der Waals surface area contributed by atoms with Gasteiger partial charge in [-0.3, -0.25) is 0 Å². The van der Waals surface area contributed by atoms with Gasteiger partial charge in [-0.2, -0.15) is 4.98 Å². The second-order valence-corrected chi connectivity index (χ2v) is 7.10. The molecule has 2 N–H and O–H groups in total. The summed E-state index contributed by atoms with van der Waals surface area (Å²) >= 11 is 2.94. The van der Waals surface area contributed by atoms with Gasteiger partial charge in [0, 0.05) is 11.8 Å². The Balaban J connectivity index is 1.89. The van der Waals surface area contributed by atoms with Crippen molar-refractivity contribution < 1.29 is 9.84 Å². The molecule has 8 heteroatoms. The van der Waals surface area contributed by atoms with Crippen LogP contribution in [-0.4, -0.2) is 39.8 Å². The van der Waals surface area contributed by atoms with Gasteiger partial charge in [-0.25, -0.2) is 9.97 Å². The molecule has 0 saturated heterocycles. The number of hydrogen-bond acceptors (Lipinski definition) is 8. The minimum atomic E-state index is -0.108. The first-order valence-electron chi connectivity index (χ1n) is 7.46. The number of benzene rings is 1. The Morgan fingerprint density at radius 2 is 2.04 bits per heavy atom. The van der Waals surface area contributed by atoms with Crippen LogP contribution in [0, 0.1) is 0 Å². The number of nitrogens with one attached hydrogen (secondary N) is 1. The molecular formula is C16H18N4O2S2. The molecule has 0 amide bonds. The molecule has 0 spiro atoms. The van der Waals surface area contributed by atoms with Crippen LogP contribution in [0.4, 0.5) is 5.82 Å². The van der Waals surface area contributed by atoms with Gasteiger partial charge >= 0.3 is 0 Å². The lowest BCUT2D eigenvalue weighted by Crippen LogP contribution is -2.20. The molecule has 0 aliphatic carbocycles. The molecule has 1 aromatic carbocycles. The molecule has 0 bridgehead atoms. The van der Waals surface area contributed by atoms with Crippen molar-refractivity contribution >= 4 is 39.3 Å². The minimum absolute atomic E-state index is 0.0218. The van der Waals surface area contributed by atoms with Gasteiger partial charge in [0.2, 0.25) is 0 Å². The lowest BCUT2D eigenvalue weighted by atomic mass is 10.2. The topological polar surface area (TPSA) is 80.2 Å². The van der Waals surface area contributed by atoms with Crippen LogP contribution in [0.2, 0.25) is 0 Å². The molecular weight excluding hydrogens is 344 g/mol. The number of aliphatic hydroxyl groups excluding tert-OH is 1. The predicted octanol–water partition coefficient (Wildman–Crippen LogP) is 3.18. The summed E-state index contributed by atoms with van der Waals surface area (Å²) in [5.74, 6) is 1.46. The van der Waals surface area contributed by atoms with Crippen LogP contribution in [0.1, 0.15) is 12.5 Å². The number of hydrogen-bond donors (Lipinski definition) is 2. The fraction of sp³-hybridized carbons (Fsp3) is 0.312. The number of anilines is 1. The van der Waals surface area contributed by atoms with Crippen LogP contribution < -0.4 is 10.1 Å². The monoisotopic (exact) mass is 362 g/mol. The number of aliphatic hydroxyl groups is 1. The van der Waals surface area contributed by atoms with Crippen molar-refractivity contribution in [2.24, 2.45) is 0 Å².